The molecule has 0 saturated carbocycles. The highest BCUT2D eigenvalue weighted by atomic mass is 16.2. The molecule has 1 aliphatic rings. The number of aromatic nitrogens is 3. The largest absolute Gasteiger partial charge is 0.333 e. The first kappa shape index (κ1) is 15.6. The van der Waals surface area contributed by atoms with Crippen molar-refractivity contribution in [1.29, 1.82) is 0 Å². The van der Waals surface area contributed by atoms with E-state index in [0.717, 1.165) is 41.9 Å². The summed E-state index contributed by atoms with van der Waals surface area (Å²) in [5.41, 5.74) is 5.10. The highest BCUT2D eigenvalue weighted by molar-refractivity contribution is 5.94. The van der Waals surface area contributed by atoms with Crippen LogP contribution in [-0.2, 0) is 20.0 Å². The predicted octanol–water partition coefficient (Wildman–Crippen LogP) is 3.07. The van der Waals surface area contributed by atoms with Crippen molar-refractivity contribution in [3.8, 4) is 11.3 Å². The van der Waals surface area contributed by atoms with E-state index >= 15 is 0 Å². The van der Waals surface area contributed by atoms with Gasteiger partial charge in [-0.2, -0.15) is 5.10 Å². The molecule has 2 aromatic heterocycles. The number of pyridine rings is 1. The molecule has 0 bridgehead atoms. The Bertz CT molecular complexity index is 887. The van der Waals surface area contributed by atoms with Gasteiger partial charge in [0.2, 0.25) is 0 Å². The molecule has 0 atom stereocenters. The number of benzene rings is 1. The molecule has 0 aliphatic carbocycles. The fourth-order valence-corrected chi connectivity index (χ4v) is 3.44. The molecule has 0 fully saturated rings. The zero-order chi connectivity index (χ0) is 17.2. The van der Waals surface area contributed by atoms with Gasteiger partial charge in [-0.15, -0.1) is 0 Å². The van der Waals surface area contributed by atoms with Gasteiger partial charge in [-0.25, -0.2) is 0 Å². The number of amides is 1. The van der Waals surface area contributed by atoms with Crippen LogP contribution in [0.5, 0.6) is 0 Å². The Labute approximate surface area is 146 Å². The second-order valence-corrected chi connectivity index (χ2v) is 6.34. The minimum atomic E-state index is 0.0811. The maximum atomic E-state index is 12.8. The van der Waals surface area contributed by atoms with E-state index in [-0.39, 0.29) is 5.91 Å². The molecule has 3 aromatic rings. The molecule has 0 saturated heterocycles. The molecule has 5 nitrogen and oxygen atoms in total. The number of nitrogens with zero attached hydrogens (tertiary/aromatic N) is 4. The van der Waals surface area contributed by atoms with Gasteiger partial charge in [0, 0.05) is 42.7 Å². The molecule has 1 amide bonds. The number of aryl methyl sites for hydroxylation is 1. The van der Waals surface area contributed by atoms with Gasteiger partial charge in [0.05, 0.1) is 17.9 Å². The molecule has 0 spiro atoms. The summed E-state index contributed by atoms with van der Waals surface area (Å²) in [4.78, 5) is 19.0. The van der Waals surface area contributed by atoms with Crippen LogP contribution in [0, 0.1) is 0 Å². The summed E-state index contributed by atoms with van der Waals surface area (Å²) in [5.74, 6) is 0.0811. The van der Waals surface area contributed by atoms with Gasteiger partial charge in [0.15, 0.2) is 0 Å². The van der Waals surface area contributed by atoms with Crippen LogP contribution in [-0.4, -0.2) is 32.1 Å². The van der Waals surface area contributed by atoms with Crippen molar-refractivity contribution in [2.24, 2.45) is 7.05 Å². The van der Waals surface area contributed by atoms with Crippen molar-refractivity contribution in [3.05, 3.63) is 71.7 Å². The van der Waals surface area contributed by atoms with Crippen molar-refractivity contribution >= 4 is 5.91 Å². The van der Waals surface area contributed by atoms with Gasteiger partial charge in [-0.05, 0) is 37.1 Å². The van der Waals surface area contributed by atoms with Crippen molar-refractivity contribution < 1.29 is 4.79 Å². The first-order valence-electron chi connectivity index (χ1n) is 8.53. The van der Waals surface area contributed by atoms with Crippen molar-refractivity contribution in [1.82, 2.24) is 19.7 Å². The maximum absolute atomic E-state index is 12.8. The van der Waals surface area contributed by atoms with Crippen LogP contribution >= 0.6 is 0 Å². The van der Waals surface area contributed by atoms with Crippen molar-refractivity contribution in [3.63, 3.8) is 0 Å². The normalized spacial score (nSPS) is 14.0. The van der Waals surface area contributed by atoms with Gasteiger partial charge < -0.3 is 4.90 Å². The number of fused-ring (bicyclic) bond motifs is 1. The predicted molar refractivity (Wildman–Crippen MR) is 95.9 cm³/mol. The lowest BCUT2D eigenvalue weighted by Crippen LogP contribution is -2.31. The molecule has 4 rings (SSSR count). The van der Waals surface area contributed by atoms with Crippen molar-refractivity contribution in [2.45, 2.75) is 19.4 Å². The summed E-state index contributed by atoms with van der Waals surface area (Å²) in [6.07, 6.45) is 5.47. The lowest BCUT2D eigenvalue weighted by atomic mass is 10.0. The van der Waals surface area contributed by atoms with Crippen LogP contribution in [0.4, 0.5) is 0 Å². The monoisotopic (exact) mass is 332 g/mol. The fourth-order valence-electron chi connectivity index (χ4n) is 3.44. The molecular formula is C20H20N4O. The zero-order valence-corrected chi connectivity index (χ0v) is 14.2. The Balaban J connectivity index is 1.68. The van der Waals surface area contributed by atoms with E-state index in [0.29, 0.717) is 6.54 Å². The summed E-state index contributed by atoms with van der Waals surface area (Å²) in [7, 11) is 1.95. The Morgan fingerprint density at radius 3 is 2.72 bits per heavy atom. The quantitative estimate of drug-likeness (QED) is 0.725. The molecule has 126 valence electrons. The minimum Gasteiger partial charge on any atom is -0.333 e. The zero-order valence-electron chi connectivity index (χ0n) is 14.2. The summed E-state index contributed by atoms with van der Waals surface area (Å²) >= 11 is 0. The number of carbonyl (C=O) groups is 1. The SMILES string of the molecule is Cn1nc(-c2cccnc2)c2c1CN(C(=O)c1ccccc1)CCC2. The topological polar surface area (TPSA) is 51.0 Å². The van der Waals surface area contributed by atoms with Crippen LogP contribution in [0.15, 0.2) is 54.9 Å². The molecule has 1 aliphatic heterocycles. The molecule has 0 unspecified atom stereocenters. The maximum Gasteiger partial charge on any atom is 0.254 e. The molecule has 25 heavy (non-hydrogen) atoms. The third-order valence-corrected chi connectivity index (χ3v) is 4.71. The van der Waals surface area contributed by atoms with Crippen LogP contribution in [0.1, 0.15) is 28.0 Å². The number of hydrogen-bond acceptors (Lipinski definition) is 3. The van der Waals surface area contributed by atoms with Crippen LogP contribution in [0.3, 0.4) is 0 Å². The smallest absolute Gasteiger partial charge is 0.254 e. The first-order valence-corrected chi connectivity index (χ1v) is 8.53. The van der Waals surface area contributed by atoms with Crippen LogP contribution in [0.25, 0.3) is 11.3 Å². The molecule has 0 N–H and O–H groups in total. The lowest BCUT2D eigenvalue weighted by Gasteiger charge is -2.21. The van der Waals surface area contributed by atoms with E-state index < -0.39 is 0 Å². The Hall–Kier alpha value is -2.95. The van der Waals surface area contributed by atoms with Crippen LogP contribution in [0.2, 0.25) is 0 Å². The highest BCUT2D eigenvalue weighted by Gasteiger charge is 2.25. The number of hydrogen-bond donors (Lipinski definition) is 0. The highest BCUT2D eigenvalue weighted by Crippen LogP contribution is 2.29. The Morgan fingerprint density at radius 1 is 1.12 bits per heavy atom. The summed E-state index contributed by atoms with van der Waals surface area (Å²) in [6, 6.07) is 13.4. The van der Waals surface area contributed by atoms with E-state index in [4.69, 9.17) is 5.10 Å². The number of rotatable bonds is 2. The van der Waals surface area contributed by atoms with Gasteiger partial charge in [-0.3, -0.25) is 14.5 Å². The first-order chi connectivity index (χ1) is 12.2. The summed E-state index contributed by atoms with van der Waals surface area (Å²) in [6.45, 7) is 1.35. The van der Waals surface area contributed by atoms with Gasteiger partial charge in [0.25, 0.3) is 5.91 Å². The molecular weight excluding hydrogens is 312 g/mol. The molecule has 5 heteroatoms. The fraction of sp³-hybridized carbons (Fsp3) is 0.250. The van der Waals surface area contributed by atoms with Gasteiger partial charge in [0.1, 0.15) is 0 Å². The average molecular weight is 332 g/mol. The Kier molecular flexibility index (Phi) is 4.06. The standard InChI is InChI=1S/C20H20N4O/c1-23-18-14-24(20(25)15-7-3-2-4-8-15)12-6-10-17(18)19(22-23)16-9-5-11-21-13-16/h2-5,7-9,11,13H,6,10,12,14H2,1H3. The third kappa shape index (κ3) is 2.93. The second kappa shape index (κ2) is 6.51. The third-order valence-electron chi connectivity index (χ3n) is 4.71. The minimum absolute atomic E-state index is 0.0811. The Morgan fingerprint density at radius 2 is 1.96 bits per heavy atom. The summed E-state index contributed by atoms with van der Waals surface area (Å²) in [5, 5.41) is 4.71. The van der Waals surface area contributed by atoms with Gasteiger partial charge >= 0.3 is 0 Å². The lowest BCUT2D eigenvalue weighted by molar-refractivity contribution is 0.0742. The molecule has 1 aromatic carbocycles. The van der Waals surface area contributed by atoms with Crippen LogP contribution < -0.4 is 0 Å². The van der Waals surface area contributed by atoms with E-state index in [9.17, 15) is 4.79 Å². The van der Waals surface area contributed by atoms with E-state index in [1.54, 1.807) is 6.20 Å². The molecule has 3 heterocycles. The van der Waals surface area contributed by atoms with Crippen molar-refractivity contribution in [2.75, 3.05) is 6.54 Å². The van der Waals surface area contributed by atoms with Gasteiger partial charge in [-0.1, -0.05) is 18.2 Å². The summed E-state index contributed by atoms with van der Waals surface area (Å²) < 4.78 is 1.91. The average Bonchev–Trinajstić information content (AvgIpc) is 2.84. The second-order valence-electron chi connectivity index (χ2n) is 6.34. The number of carbonyl (C=O) groups excluding carboxylic acids is 1. The van der Waals surface area contributed by atoms with E-state index in [2.05, 4.69) is 4.98 Å². The van der Waals surface area contributed by atoms with E-state index in [1.807, 2.05) is 65.3 Å². The molecule has 0 radical (unpaired) electrons. The van der Waals surface area contributed by atoms with E-state index in [1.165, 1.54) is 5.56 Å².